The average molecular weight is 683 g/mol. The number of thiocarbonyl (C=S) groups is 1. The Labute approximate surface area is 276 Å². The number of carbonyl (C=O) groups is 4. The van der Waals surface area contributed by atoms with E-state index in [4.69, 9.17) is 30.9 Å². The van der Waals surface area contributed by atoms with Gasteiger partial charge in [-0.3, -0.25) is 24.5 Å². The van der Waals surface area contributed by atoms with Crippen molar-refractivity contribution in [3.63, 3.8) is 0 Å². The summed E-state index contributed by atoms with van der Waals surface area (Å²) in [4.78, 5) is 63.5. The molecule has 1 saturated heterocycles. The first-order valence-corrected chi connectivity index (χ1v) is 18.5. The maximum atomic E-state index is 13.6. The topological polar surface area (TPSA) is 172 Å². The van der Waals surface area contributed by atoms with Crippen molar-refractivity contribution in [1.82, 2.24) is 4.90 Å². The number of non-ortho nitro benzene ring substituents is 1. The van der Waals surface area contributed by atoms with Gasteiger partial charge in [-0.05, 0) is 61.5 Å². The van der Waals surface area contributed by atoms with Gasteiger partial charge in [-0.2, -0.15) is 0 Å². The molecule has 0 aliphatic carbocycles. The van der Waals surface area contributed by atoms with Gasteiger partial charge in [0.2, 0.25) is 12.1 Å². The second-order valence-electron chi connectivity index (χ2n) is 12.8. The van der Waals surface area contributed by atoms with Crippen molar-refractivity contribution < 1.29 is 47.8 Å². The Hall–Kier alpha value is -3.27. The largest absolute Gasteiger partial charge is 0.465 e. The highest BCUT2D eigenvalue weighted by Gasteiger charge is 2.58. The van der Waals surface area contributed by atoms with Gasteiger partial charge < -0.3 is 28.6 Å². The van der Waals surface area contributed by atoms with Crippen molar-refractivity contribution in [3.05, 3.63) is 39.9 Å². The van der Waals surface area contributed by atoms with Gasteiger partial charge in [-0.1, -0.05) is 39.9 Å². The van der Waals surface area contributed by atoms with E-state index in [1.165, 1.54) is 24.3 Å². The van der Waals surface area contributed by atoms with Crippen molar-refractivity contribution in [2.45, 2.75) is 98.0 Å². The van der Waals surface area contributed by atoms with E-state index in [0.717, 1.165) is 4.90 Å². The number of aliphatic hydroxyl groups excluding tert-OH is 1. The Kier molecular flexibility index (Phi) is 13.6. The number of nitro benzene ring substituents is 1. The lowest BCUT2D eigenvalue weighted by Crippen LogP contribution is -2.72. The van der Waals surface area contributed by atoms with Crippen molar-refractivity contribution in [3.8, 4) is 0 Å². The fourth-order valence-electron chi connectivity index (χ4n) is 4.97. The van der Waals surface area contributed by atoms with E-state index in [-0.39, 0.29) is 41.8 Å². The van der Waals surface area contributed by atoms with Crippen LogP contribution in [0, 0.1) is 27.9 Å². The lowest BCUT2D eigenvalue weighted by molar-refractivity contribution is -0.384. The van der Waals surface area contributed by atoms with Gasteiger partial charge in [-0.15, -0.1) is 0 Å². The Morgan fingerprint density at radius 1 is 1.02 bits per heavy atom. The molecule has 13 nitrogen and oxygen atoms in total. The van der Waals surface area contributed by atoms with E-state index in [1.807, 2.05) is 13.1 Å². The molecule has 0 aromatic heterocycles. The third kappa shape index (κ3) is 9.17. The number of aliphatic hydroxyl groups is 1. The number of nitro groups is 1. The molecule has 1 N–H and O–H groups in total. The van der Waals surface area contributed by atoms with Crippen molar-refractivity contribution >= 4 is 54.9 Å². The summed E-state index contributed by atoms with van der Waals surface area (Å²) in [6.45, 7) is 16.7. The number of rotatable bonds is 16. The molecule has 0 spiro atoms. The van der Waals surface area contributed by atoms with Crippen LogP contribution in [-0.4, -0.2) is 83.5 Å². The minimum Gasteiger partial charge on any atom is -0.465 e. The second kappa shape index (κ2) is 16.0. The number of amides is 1. The highest BCUT2D eigenvalue weighted by atomic mass is 32.1. The minimum absolute atomic E-state index is 0.0422. The predicted octanol–water partition coefficient (Wildman–Crippen LogP) is 4.33. The molecule has 5 atom stereocenters. The number of esters is 3. The van der Waals surface area contributed by atoms with E-state index in [9.17, 15) is 34.4 Å². The smallest absolute Gasteiger partial charge is 0.356 e. The number of hydrogen-bond acceptors (Lipinski definition) is 12. The first-order valence-electron chi connectivity index (χ1n) is 15.2. The molecule has 1 aromatic carbocycles. The molecule has 0 saturated carbocycles. The Morgan fingerprint density at radius 3 is 2.00 bits per heavy atom. The first-order chi connectivity index (χ1) is 21.3. The molecule has 1 aliphatic heterocycles. The second-order valence-corrected chi connectivity index (χ2v) is 18.0. The van der Waals surface area contributed by atoms with Crippen LogP contribution in [0.15, 0.2) is 24.3 Å². The summed E-state index contributed by atoms with van der Waals surface area (Å²) in [6, 6.07) is 4.49. The Balaban J connectivity index is 2.36. The molecule has 0 bridgehead atoms. The van der Waals surface area contributed by atoms with Crippen LogP contribution in [0.4, 0.5) is 5.69 Å². The Morgan fingerprint density at radius 2 is 1.54 bits per heavy atom. The molecular formula is C31H46N2O11SSi. The highest BCUT2D eigenvalue weighted by Crippen LogP contribution is 2.43. The van der Waals surface area contributed by atoms with Gasteiger partial charge in [-0.25, -0.2) is 4.79 Å². The van der Waals surface area contributed by atoms with Crippen LogP contribution in [0.2, 0.25) is 18.1 Å². The van der Waals surface area contributed by atoms with Gasteiger partial charge >= 0.3 is 17.9 Å². The van der Waals surface area contributed by atoms with Gasteiger partial charge in [0.25, 0.3) is 5.69 Å². The van der Waals surface area contributed by atoms with Crippen LogP contribution >= 0.6 is 12.2 Å². The van der Waals surface area contributed by atoms with E-state index in [1.54, 1.807) is 27.7 Å². The van der Waals surface area contributed by atoms with Gasteiger partial charge in [0.1, 0.15) is 6.61 Å². The molecule has 1 amide bonds. The number of likely N-dealkylation sites (tertiary alicyclic amines) is 1. The average Bonchev–Trinajstić information content (AvgIpc) is 2.96. The standard InChI is InChI=1S/C31H46N2O11SSi/c1-10-41-28(36)22(29(37)42-11-2)16-23(45)18(3)25-24(19(4)44-46(8,9)31(5,6)7)26(34)32(25)27(35)30(38)43-17-20-12-14-21(15-13-20)33(39)40/h12-15,18-19,22,24-25,27,35H,10-11,16-17H2,1-9H3/t18-,19+,24+,25+,27?/m0/s1. The molecular weight excluding hydrogens is 636 g/mol. The van der Waals surface area contributed by atoms with Crippen molar-refractivity contribution in [2.75, 3.05) is 13.2 Å². The molecule has 2 rings (SSSR count). The first kappa shape index (κ1) is 38.9. The number of nitrogens with zero attached hydrogens (tertiary/aromatic N) is 2. The molecule has 1 aliphatic rings. The fraction of sp³-hybridized carbons (Fsp3) is 0.645. The van der Waals surface area contributed by atoms with Crippen LogP contribution in [0.1, 0.15) is 60.5 Å². The van der Waals surface area contributed by atoms with E-state index < -0.39 is 73.2 Å². The van der Waals surface area contributed by atoms with Crippen LogP contribution in [0.25, 0.3) is 0 Å². The quantitative estimate of drug-likeness (QED) is 0.0383. The zero-order chi connectivity index (χ0) is 35.1. The lowest BCUT2D eigenvalue weighted by atomic mass is 9.74. The van der Waals surface area contributed by atoms with E-state index in [2.05, 4.69) is 20.8 Å². The summed E-state index contributed by atoms with van der Waals surface area (Å²) < 4.78 is 21.9. The highest BCUT2D eigenvalue weighted by molar-refractivity contribution is 7.80. The number of benzene rings is 1. The Bertz CT molecular complexity index is 1280. The van der Waals surface area contributed by atoms with Crippen molar-refractivity contribution in [2.24, 2.45) is 17.8 Å². The number of β-lactam (4-membered cyclic amide) rings is 1. The van der Waals surface area contributed by atoms with Crippen LogP contribution in [-0.2, 0) is 44.4 Å². The van der Waals surface area contributed by atoms with Gasteiger partial charge in [0, 0.05) is 24.5 Å². The normalized spacial score (nSPS) is 18.7. The summed E-state index contributed by atoms with van der Waals surface area (Å²) in [5.41, 5.74) is 0.299. The molecule has 15 heteroatoms. The number of carbonyl (C=O) groups excluding carboxylic acids is 4. The predicted molar refractivity (Wildman–Crippen MR) is 174 cm³/mol. The van der Waals surface area contributed by atoms with E-state index in [0.29, 0.717) is 5.56 Å². The van der Waals surface area contributed by atoms with E-state index >= 15 is 0 Å². The SMILES string of the molecule is CCOC(=O)C(CC(=S)[C@H](C)[C@@H]1[C@@H]([C@@H](C)O[Si](C)(C)C(C)(C)C)C(=O)N1C(O)C(=O)OCc1ccc([N+](=O)[O-])cc1)C(=O)OCC. The molecule has 1 fully saturated rings. The maximum absolute atomic E-state index is 13.6. The molecule has 1 heterocycles. The third-order valence-electron chi connectivity index (χ3n) is 8.59. The van der Waals surface area contributed by atoms with Crippen molar-refractivity contribution in [1.29, 1.82) is 0 Å². The van der Waals surface area contributed by atoms with Crippen LogP contribution < -0.4 is 0 Å². The summed E-state index contributed by atoms with van der Waals surface area (Å²) in [7, 11) is -2.36. The maximum Gasteiger partial charge on any atom is 0.356 e. The monoisotopic (exact) mass is 682 g/mol. The number of ether oxygens (including phenoxy) is 3. The summed E-state index contributed by atoms with van der Waals surface area (Å²) in [6.07, 6.45) is -2.82. The number of hydrogen-bond donors (Lipinski definition) is 1. The minimum atomic E-state index is -2.36. The lowest BCUT2D eigenvalue weighted by Gasteiger charge is -2.54. The van der Waals surface area contributed by atoms with Crippen LogP contribution in [0.3, 0.4) is 0 Å². The van der Waals surface area contributed by atoms with Gasteiger partial charge in [0.05, 0.1) is 36.2 Å². The third-order valence-corrected chi connectivity index (χ3v) is 13.7. The molecule has 1 unspecified atom stereocenters. The zero-order valence-electron chi connectivity index (χ0n) is 27.9. The fourth-order valence-corrected chi connectivity index (χ4v) is 6.70. The van der Waals surface area contributed by atoms with Gasteiger partial charge in [0.15, 0.2) is 14.2 Å². The molecule has 0 radical (unpaired) electrons. The van der Waals surface area contributed by atoms with Crippen LogP contribution in [0.5, 0.6) is 0 Å². The molecule has 256 valence electrons. The molecule has 1 aromatic rings. The summed E-state index contributed by atoms with van der Waals surface area (Å²) in [5, 5.41) is 21.8. The molecule has 46 heavy (non-hydrogen) atoms. The summed E-state index contributed by atoms with van der Waals surface area (Å²) >= 11 is 5.70. The zero-order valence-corrected chi connectivity index (χ0v) is 29.8. The summed E-state index contributed by atoms with van der Waals surface area (Å²) in [5.74, 6) is -6.05.